The van der Waals surface area contributed by atoms with E-state index in [1.54, 1.807) is 0 Å². The molecule has 0 bridgehead atoms. The fourth-order valence-corrected chi connectivity index (χ4v) is 1.39. The van der Waals surface area contributed by atoms with Gasteiger partial charge in [0.05, 0.1) is 6.26 Å². The smallest absolute Gasteiger partial charge is 0.122 e. The van der Waals surface area contributed by atoms with Crippen LogP contribution in [0.3, 0.4) is 0 Å². The topological polar surface area (TPSA) is 9.23 Å². The maximum atomic E-state index is 5.22. The van der Waals surface area contributed by atoms with Gasteiger partial charge >= 0.3 is 0 Å². The van der Waals surface area contributed by atoms with Crippen molar-refractivity contribution in [3.8, 4) is 0 Å². The molecule has 0 fully saturated rings. The number of allylic oxidation sites excluding steroid dienone is 3. The maximum absolute atomic E-state index is 5.22. The van der Waals surface area contributed by atoms with E-state index in [1.165, 1.54) is 11.8 Å². The van der Waals surface area contributed by atoms with E-state index in [9.17, 15) is 0 Å². The van der Waals surface area contributed by atoms with Gasteiger partial charge in [-0.1, -0.05) is 26.0 Å². The lowest BCUT2D eigenvalue weighted by Gasteiger charge is -2.23. The van der Waals surface area contributed by atoms with Crippen LogP contribution in [0, 0.1) is 11.8 Å². The van der Waals surface area contributed by atoms with Crippen LogP contribution in [0.1, 0.15) is 20.8 Å². The second-order valence-corrected chi connectivity index (χ2v) is 3.39. The monoisotopic (exact) mass is 164 g/mol. The first-order chi connectivity index (χ1) is 5.65. The second kappa shape index (κ2) is 3.61. The average molecular weight is 164 g/mol. The van der Waals surface area contributed by atoms with E-state index in [-0.39, 0.29) is 0 Å². The summed E-state index contributed by atoms with van der Waals surface area (Å²) >= 11 is 0. The highest BCUT2D eigenvalue weighted by Crippen LogP contribution is 2.28. The van der Waals surface area contributed by atoms with Crippen molar-refractivity contribution in [3.05, 3.63) is 36.3 Å². The Hall–Kier alpha value is -0.980. The summed E-state index contributed by atoms with van der Waals surface area (Å²) in [6, 6.07) is 0. The van der Waals surface area contributed by atoms with Crippen molar-refractivity contribution >= 4 is 0 Å². The summed E-state index contributed by atoms with van der Waals surface area (Å²) in [4.78, 5) is 0. The zero-order valence-corrected chi connectivity index (χ0v) is 8.00. The Morgan fingerprint density at radius 1 is 1.50 bits per heavy atom. The van der Waals surface area contributed by atoms with Gasteiger partial charge in [-0.25, -0.2) is 0 Å². The lowest BCUT2D eigenvalue weighted by atomic mass is 9.85. The van der Waals surface area contributed by atoms with E-state index in [0.29, 0.717) is 11.8 Å². The SMILES string of the molecule is C=COC1=CC(C)[C@@H](C)C(C)=C1. The van der Waals surface area contributed by atoms with Crippen molar-refractivity contribution in [2.45, 2.75) is 20.8 Å². The molecule has 0 amide bonds. The third-order valence-electron chi connectivity index (χ3n) is 2.52. The first kappa shape index (κ1) is 9.11. The molecule has 0 N–H and O–H groups in total. The van der Waals surface area contributed by atoms with E-state index in [1.807, 2.05) is 0 Å². The number of hydrogen-bond donors (Lipinski definition) is 0. The van der Waals surface area contributed by atoms with Gasteiger partial charge in [0.1, 0.15) is 5.76 Å². The van der Waals surface area contributed by atoms with Gasteiger partial charge in [-0.15, -0.1) is 0 Å². The van der Waals surface area contributed by atoms with Crippen molar-refractivity contribution in [3.63, 3.8) is 0 Å². The van der Waals surface area contributed by atoms with Gasteiger partial charge in [-0.05, 0) is 30.9 Å². The third kappa shape index (κ3) is 1.79. The Kier molecular flexibility index (Phi) is 2.74. The Morgan fingerprint density at radius 3 is 2.67 bits per heavy atom. The van der Waals surface area contributed by atoms with Gasteiger partial charge in [-0.2, -0.15) is 0 Å². The molecular formula is C11H16O. The molecule has 1 aliphatic rings. The van der Waals surface area contributed by atoms with Crippen LogP contribution in [-0.4, -0.2) is 0 Å². The lowest BCUT2D eigenvalue weighted by Crippen LogP contribution is -2.11. The van der Waals surface area contributed by atoms with Crippen molar-refractivity contribution in [1.82, 2.24) is 0 Å². The molecule has 0 aromatic rings. The second-order valence-electron chi connectivity index (χ2n) is 3.39. The Bertz CT molecular complexity index is 235. The summed E-state index contributed by atoms with van der Waals surface area (Å²) < 4.78 is 5.22. The first-order valence-corrected chi connectivity index (χ1v) is 4.32. The molecule has 66 valence electrons. The standard InChI is InChI=1S/C11H16O/c1-5-12-11-6-8(2)10(4)9(3)7-11/h5-8,10H,1H2,2-4H3/t8?,10-/m1/s1. The van der Waals surface area contributed by atoms with E-state index in [2.05, 4.69) is 39.5 Å². The van der Waals surface area contributed by atoms with Gasteiger partial charge in [-0.3, -0.25) is 0 Å². The van der Waals surface area contributed by atoms with E-state index in [0.717, 1.165) is 5.76 Å². The maximum Gasteiger partial charge on any atom is 0.122 e. The van der Waals surface area contributed by atoms with Gasteiger partial charge in [0.2, 0.25) is 0 Å². The molecule has 1 rings (SSSR count). The van der Waals surface area contributed by atoms with Gasteiger partial charge in [0.15, 0.2) is 0 Å². The summed E-state index contributed by atoms with van der Waals surface area (Å²) in [5, 5.41) is 0. The van der Waals surface area contributed by atoms with E-state index in [4.69, 9.17) is 4.74 Å². The molecule has 0 heterocycles. The molecule has 1 heteroatoms. The minimum absolute atomic E-state index is 0.560. The predicted octanol–water partition coefficient (Wildman–Crippen LogP) is 3.26. The van der Waals surface area contributed by atoms with E-state index < -0.39 is 0 Å². The van der Waals surface area contributed by atoms with Crippen LogP contribution in [0.5, 0.6) is 0 Å². The molecular weight excluding hydrogens is 148 g/mol. The molecule has 0 radical (unpaired) electrons. The lowest BCUT2D eigenvalue weighted by molar-refractivity contribution is 0.350. The molecule has 1 nitrogen and oxygen atoms in total. The summed E-state index contributed by atoms with van der Waals surface area (Å²) in [5.74, 6) is 2.11. The Labute approximate surface area is 74.4 Å². The van der Waals surface area contributed by atoms with Gasteiger partial charge < -0.3 is 4.74 Å². The first-order valence-electron chi connectivity index (χ1n) is 4.32. The summed E-state index contributed by atoms with van der Waals surface area (Å²) in [5.41, 5.74) is 1.38. The number of hydrogen-bond acceptors (Lipinski definition) is 1. The Balaban J connectivity index is 2.79. The van der Waals surface area contributed by atoms with Crippen LogP contribution in [0.4, 0.5) is 0 Å². The molecule has 0 aromatic heterocycles. The van der Waals surface area contributed by atoms with E-state index >= 15 is 0 Å². The highest BCUT2D eigenvalue weighted by molar-refractivity contribution is 5.26. The molecule has 1 aliphatic carbocycles. The quantitative estimate of drug-likeness (QED) is 0.569. The molecule has 1 unspecified atom stereocenters. The van der Waals surface area contributed by atoms with Crippen molar-refractivity contribution in [1.29, 1.82) is 0 Å². The molecule has 0 saturated carbocycles. The van der Waals surface area contributed by atoms with Gasteiger partial charge in [0, 0.05) is 0 Å². The third-order valence-corrected chi connectivity index (χ3v) is 2.52. The van der Waals surface area contributed by atoms with Crippen molar-refractivity contribution in [2.24, 2.45) is 11.8 Å². The van der Waals surface area contributed by atoms with Crippen LogP contribution in [0.25, 0.3) is 0 Å². The van der Waals surface area contributed by atoms with Crippen molar-refractivity contribution in [2.75, 3.05) is 0 Å². The van der Waals surface area contributed by atoms with Crippen LogP contribution in [-0.2, 0) is 4.74 Å². The molecule has 0 spiro atoms. The highest BCUT2D eigenvalue weighted by atomic mass is 16.5. The van der Waals surface area contributed by atoms with Crippen LogP contribution in [0.15, 0.2) is 36.3 Å². The van der Waals surface area contributed by atoms with Crippen LogP contribution in [0.2, 0.25) is 0 Å². The molecule has 0 saturated heterocycles. The molecule has 0 aliphatic heterocycles. The van der Waals surface area contributed by atoms with Crippen molar-refractivity contribution < 1.29 is 4.74 Å². The fraction of sp³-hybridized carbons (Fsp3) is 0.455. The minimum atomic E-state index is 0.560. The zero-order valence-electron chi connectivity index (χ0n) is 8.00. The zero-order chi connectivity index (χ0) is 9.14. The van der Waals surface area contributed by atoms with Crippen LogP contribution >= 0.6 is 0 Å². The Morgan fingerprint density at radius 2 is 2.17 bits per heavy atom. The normalized spacial score (nSPS) is 28.9. The number of ether oxygens (including phenoxy) is 1. The average Bonchev–Trinajstić information content (AvgIpc) is 2.01. The fourth-order valence-electron chi connectivity index (χ4n) is 1.39. The molecule has 0 aromatic carbocycles. The summed E-state index contributed by atoms with van der Waals surface area (Å²) in [7, 11) is 0. The molecule has 12 heavy (non-hydrogen) atoms. The highest BCUT2D eigenvalue weighted by Gasteiger charge is 2.17. The number of rotatable bonds is 2. The minimum Gasteiger partial charge on any atom is -0.466 e. The summed E-state index contributed by atoms with van der Waals surface area (Å²) in [6.07, 6.45) is 5.68. The molecule has 2 atom stereocenters. The van der Waals surface area contributed by atoms with Gasteiger partial charge in [0.25, 0.3) is 0 Å². The van der Waals surface area contributed by atoms with Crippen LogP contribution < -0.4 is 0 Å². The summed E-state index contributed by atoms with van der Waals surface area (Å²) in [6.45, 7) is 10.1. The largest absolute Gasteiger partial charge is 0.466 e. The predicted molar refractivity (Wildman–Crippen MR) is 51.5 cm³/mol.